The second-order valence-electron chi connectivity index (χ2n) is 9.39. The highest BCUT2D eigenvalue weighted by atomic mass is 32.1. The molecule has 2 N–H and O–H groups in total. The van der Waals surface area contributed by atoms with Crippen molar-refractivity contribution < 1.29 is 5.11 Å². The zero-order valence-corrected chi connectivity index (χ0v) is 27.2. The second-order valence-corrected chi connectivity index (χ2v) is 12.6. The summed E-state index contributed by atoms with van der Waals surface area (Å²) in [4.78, 5) is 16.6. The van der Waals surface area contributed by atoms with Crippen LogP contribution in [0.25, 0.3) is 51.7 Å². The van der Waals surface area contributed by atoms with Crippen LogP contribution < -0.4 is 0 Å². The maximum atomic E-state index is 8.67. The molecule has 234 valence electrons. The van der Waals surface area contributed by atoms with Gasteiger partial charge >= 0.3 is 0 Å². The van der Waals surface area contributed by atoms with Crippen molar-refractivity contribution in [1.29, 1.82) is 5.26 Å². The van der Waals surface area contributed by atoms with Gasteiger partial charge in [-0.2, -0.15) is 15.3 Å². The Bertz CT molecular complexity index is 2220. The number of nitrogens with one attached hydrogen (secondary N) is 1. The number of rotatable bonds is 2. The summed E-state index contributed by atoms with van der Waals surface area (Å²) in [7, 11) is 2.76. The largest absolute Gasteiger partial charge is 0.400 e. The average Bonchev–Trinajstić information content (AvgIpc) is 3.88. The molecule has 0 amide bonds. The van der Waals surface area contributed by atoms with Gasteiger partial charge in [0.05, 0.1) is 30.9 Å². The lowest BCUT2D eigenvalue weighted by atomic mass is 10.2. The number of nitriles is 1. The summed E-state index contributed by atoms with van der Waals surface area (Å²) in [6, 6.07) is 8.21. The van der Waals surface area contributed by atoms with Gasteiger partial charge in [-0.3, -0.25) is 15.0 Å². The molecule has 13 nitrogen and oxygen atoms in total. The van der Waals surface area contributed by atoms with Crippen molar-refractivity contribution in [3.05, 3.63) is 76.9 Å². The standard InChI is InChI=1S/C10H9N5S.C9H7N5S.C9H6N2S.CH4O.CH4/c1-6-4-11-5-9-7(6)3-8(16-9)10-12-14-15(2)13-10;1-5-3-10-4-8-6(5)2-7(15-8)9-11-13-14-12-9;1-6-4-11-5-9-8(6)2-7(3-10)12-9;1-2;/h3-5H,1-2H3;2-4H,1H3,(H,11,12,13,14);2,4-5H,1H3;2H,1H3;1H4. The molecule has 0 fully saturated rings. The fourth-order valence-corrected chi connectivity index (χ4v) is 7.18. The number of H-pyrrole nitrogens is 1. The van der Waals surface area contributed by atoms with Gasteiger partial charge in [0, 0.05) is 44.3 Å². The van der Waals surface area contributed by atoms with Crippen molar-refractivity contribution in [2.24, 2.45) is 7.05 Å². The number of pyridine rings is 3. The molecular weight excluding hydrogens is 641 g/mol. The van der Waals surface area contributed by atoms with Crippen molar-refractivity contribution in [3.63, 3.8) is 0 Å². The van der Waals surface area contributed by atoms with Crippen LogP contribution in [0.4, 0.5) is 0 Å². The molecule has 8 aromatic heterocycles. The van der Waals surface area contributed by atoms with E-state index in [9.17, 15) is 0 Å². The van der Waals surface area contributed by atoms with Gasteiger partial charge in [0.25, 0.3) is 0 Å². The van der Waals surface area contributed by atoms with Crippen LogP contribution in [0, 0.1) is 32.1 Å². The lowest BCUT2D eigenvalue weighted by Gasteiger charge is -1.90. The van der Waals surface area contributed by atoms with Gasteiger partial charge in [-0.1, -0.05) is 7.43 Å². The van der Waals surface area contributed by atoms with Crippen LogP contribution in [0.2, 0.25) is 0 Å². The molecule has 0 radical (unpaired) electrons. The van der Waals surface area contributed by atoms with Gasteiger partial charge in [0.15, 0.2) is 0 Å². The summed E-state index contributed by atoms with van der Waals surface area (Å²) in [6.07, 6.45) is 11.1. The lowest BCUT2D eigenvalue weighted by Crippen LogP contribution is -1.91. The van der Waals surface area contributed by atoms with Gasteiger partial charge in [-0.05, 0) is 82.2 Å². The van der Waals surface area contributed by atoms with E-state index in [2.05, 4.69) is 76.1 Å². The molecule has 0 saturated heterocycles. The van der Waals surface area contributed by atoms with E-state index in [4.69, 9.17) is 10.4 Å². The van der Waals surface area contributed by atoms with Crippen LogP contribution in [0.1, 0.15) is 29.0 Å². The minimum absolute atomic E-state index is 0. The number of aromatic nitrogens is 11. The summed E-state index contributed by atoms with van der Waals surface area (Å²) in [6.45, 7) is 6.10. The minimum Gasteiger partial charge on any atom is -0.400 e. The van der Waals surface area contributed by atoms with Crippen molar-refractivity contribution in [3.8, 4) is 27.5 Å². The molecule has 0 aliphatic heterocycles. The number of nitrogens with zero attached hydrogens (tertiary/aromatic N) is 11. The van der Waals surface area contributed by atoms with Gasteiger partial charge in [-0.15, -0.1) is 54.4 Å². The van der Waals surface area contributed by atoms with Gasteiger partial charge in [0.1, 0.15) is 10.9 Å². The molecule has 0 unspecified atom stereocenters. The molecule has 0 aromatic carbocycles. The van der Waals surface area contributed by atoms with E-state index in [-0.39, 0.29) is 7.43 Å². The number of aliphatic hydroxyl groups excluding tert-OH is 1. The van der Waals surface area contributed by atoms with E-state index < -0.39 is 0 Å². The molecule has 0 atom stereocenters. The third-order valence-electron chi connectivity index (χ3n) is 6.34. The SMILES string of the molecule is C.CO.Cc1cncc2sc(-c3nn[nH]n3)cc12.Cc1cncc2sc(-c3nnn(C)n3)cc12.Cc1cncc2sc(C#N)cc12. The first kappa shape index (κ1) is 33.8. The Balaban J connectivity index is 0.000000152. The summed E-state index contributed by atoms with van der Waals surface area (Å²) in [5, 5.41) is 45.2. The maximum Gasteiger partial charge on any atom is 0.214 e. The molecule has 0 aliphatic carbocycles. The molecule has 8 rings (SSSR count). The van der Waals surface area contributed by atoms with Crippen molar-refractivity contribution in [1.82, 2.24) is 55.8 Å². The third-order valence-corrected chi connectivity index (χ3v) is 9.45. The molecule has 0 bridgehead atoms. The number of hydrogen-bond acceptors (Lipinski definition) is 14. The van der Waals surface area contributed by atoms with Crippen LogP contribution in [0.15, 0.2) is 55.4 Å². The quantitative estimate of drug-likeness (QED) is 0.211. The zero-order chi connectivity index (χ0) is 31.9. The number of aliphatic hydroxyl groups is 1. The number of tetrazole rings is 2. The summed E-state index contributed by atoms with van der Waals surface area (Å²) in [5.41, 5.74) is 3.47. The highest BCUT2D eigenvalue weighted by molar-refractivity contribution is 7.22. The Hall–Kier alpha value is -5.08. The monoisotopic (exact) mass is 670 g/mol. The first-order valence-electron chi connectivity index (χ1n) is 13.2. The Kier molecular flexibility index (Phi) is 11.2. The molecular formula is C30H30N12OS3. The molecule has 16 heteroatoms. The molecule has 0 aliphatic rings. The van der Waals surface area contributed by atoms with Gasteiger partial charge < -0.3 is 5.11 Å². The number of aryl methyl sites for hydroxylation is 4. The van der Waals surface area contributed by atoms with Gasteiger partial charge in [0.2, 0.25) is 11.6 Å². The predicted molar refractivity (Wildman–Crippen MR) is 184 cm³/mol. The topological polar surface area (TPSA) is 181 Å². The smallest absolute Gasteiger partial charge is 0.214 e. The lowest BCUT2D eigenvalue weighted by molar-refractivity contribution is 0.399. The van der Waals surface area contributed by atoms with Crippen LogP contribution in [-0.4, -0.2) is 68.0 Å². The van der Waals surface area contributed by atoms with Crippen LogP contribution in [0.5, 0.6) is 0 Å². The zero-order valence-electron chi connectivity index (χ0n) is 24.8. The van der Waals surface area contributed by atoms with Crippen molar-refractivity contribution in [2.45, 2.75) is 28.2 Å². The van der Waals surface area contributed by atoms with Gasteiger partial charge in [-0.25, -0.2) is 0 Å². The second kappa shape index (κ2) is 15.3. The molecule has 0 spiro atoms. The normalized spacial score (nSPS) is 10.2. The molecule has 46 heavy (non-hydrogen) atoms. The first-order chi connectivity index (χ1) is 21.9. The fraction of sp³-hybridized carbons (Fsp3) is 0.200. The number of fused-ring (bicyclic) bond motifs is 3. The molecule has 8 aromatic rings. The highest BCUT2D eigenvalue weighted by Gasteiger charge is 2.11. The van der Waals surface area contributed by atoms with Crippen molar-refractivity contribution in [2.75, 3.05) is 7.11 Å². The van der Waals surface area contributed by atoms with Crippen LogP contribution in [-0.2, 0) is 7.05 Å². The van der Waals surface area contributed by atoms with E-state index in [1.165, 1.54) is 38.0 Å². The summed E-state index contributed by atoms with van der Waals surface area (Å²) >= 11 is 4.75. The fourth-order valence-electron chi connectivity index (χ4n) is 4.21. The first-order valence-corrected chi connectivity index (χ1v) is 15.7. The third kappa shape index (κ3) is 7.41. The predicted octanol–water partition coefficient (Wildman–Crippen LogP) is 6.30. The van der Waals surface area contributed by atoms with Crippen molar-refractivity contribution >= 4 is 64.3 Å². The Morgan fingerprint density at radius 2 is 1.22 bits per heavy atom. The van der Waals surface area contributed by atoms with E-state index in [1.54, 1.807) is 35.9 Å². The molecule has 8 heterocycles. The number of aromatic amines is 1. The summed E-state index contributed by atoms with van der Waals surface area (Å²) in [5.74, 6) is 1.30. The maximum absolute atomic E-state index is 8.67. The Morgan fingerprint density at radius 1 is 0.717 bits per heavy atom. The van der Waals surface area contributed by atoms with Crippen LogP contribution >= 0.6 is 34.0 Å². The number of hydrogen-bond donors (Lipinski definition) is 2. The Morgan fingerprint density at radius 3 is 1.63 bits per heavy atom. The molecule has 0 saturated carbocycles. The Labute approximate surface area is 276 Å². The van der Waals surface area contributed by atoms with E-state index >= 15 is 0 Å². The van der Waals surface area contributed by atoms with E-state index in [0.717, 1.165) is 46.8 Å². The van der Waals surface area contributed by atoms with E-state index in [1.807, 2.05) is 50.9 Å². The average molecular weight is 671 g/mol. The van der Waals surface area contributed by atoms with E-state index in [0.29, 0.717) is 11.6 Å². The summed E-state index contributed by atoms with van der Waals surface area (Å²) < 4.78 is 3.39. The number of thiophene rings is 3. The minimum atomic E-state index is 0. The highest BCUT2D eigenvalue weighted by Crippen LogP contribution is 2.33. The van der Waals surface area contributed by atoms with Crippen LogP contribution in [0.3, 0.4) is 0 Å².